The molecular formula is C2H2CuN2S3. The number of hydrogen-bond acceptors (Lipinski definition) is 3. The fourth-order valence-electron chi connectivity index (χ4n) is 0.236. The van der Waals surface area contributed by atoms with Crippen LogP contribution in [0.25, 0.3) is 0 Å². The van der Waals surface area contributed by atoms with Crippen molar-refractivity contribution in [3.8, 4) is 0 Å². The second-order valence-corrected chi connectivity index (χ2v) is 2.84. The molecule has 0 saturated carbocycles. The van der Waals surface area contributed by atoms with Gasteiger partial charge in [-0.15, -0.1) is 0 Å². The van der Waals surface area contributed by atoms with Crippen molar-refractivity contribution in [2.24, 2.45) is 0 Å². The summed E-state index contributed by atoms with van der Waals surface area (Å²) in [6, 6.07) is 0. The molecule has 0 fully saturated rings. The van der Waals surface area contributed by atoms with Gasteiger partial charge < -0.3 is 4.98 Å². The molecule has 0 aromatic carbocycles. The summed E-state index contributed by atoms with van der Waals surface area (Å²) in [6.45, 7) is 0. The van der Waals surface area contributed by atoms with Gasteiger partial charge >= 0.3 is 0 Å². The molecule has 0 aliphatic rings. The van der Waals surface area contributed by atoms with E-state index in [4.69, 9.17) is 12.2 Å². The molecule has 0 aliphatic heterocycles. The quantitative estimate of drug-likeness (QED) is 0.510. The maximum absolute atomic E-state index is 4.70. The molecule has 6 heteroatoms. The third-order valence-electron chi connectivity index (χ3n) is 0.452. The van der Waals surface area contributed by atoms with E-state index in [1.807, 2.05) is 0 Å². The van der Waals surface area contributed by atoms with E-state index in [-0.39, 0.29) is 17.1 Å². The number of rotatable bonds is 0. The molecule has 1 aromatic heterocycles. The Hall–Kier alpha value is 0.519. The van der Waals surface area contributed by atoms with Crippen LogP contribution in [0.1, 0.15) is 0 Å². The second kappa shape index (κ2) is 3.53. The van der Waals surface area contributed by atoms with Crippen molar-refractivity contribution >= 4 is 36.0 Å². The molecule has 1 heterocycles. The minimum Gasteiger partial charge on any atom is -0.313 e. The van der Waals surface area contributed by atoms with Crippen LogP contribution in [0.5, 0.6) is 0 Å². The summed E-state index contributed by atoms with van der Waals surface area (Å²) in [5.41, 5.74) is 0. The first-order valence-corrected chi connectivity index (χ1v) is 3.20. The summed E-state index contributed by atoms with van der Waals surface area (Å²) in [4.78, 5) is 2.73. The topological polar surface area (TPSA) is 31.6 Å². The van der Waals surface area contributed by atoms with E-state index in [0.29, 0.717) is 8.73 Å². The van der Waals surface area contributed by atoms with E-state index in [9.17, 15) is 0 Å². The summed E-state index contributed by atoms with van der Waals surface area (Å²) in [5.74, 6) is 0. The van der Waals surface area contributed by atoms with Crippen molar-refractivity contribution in [1.29, 1.82) is 0 Å². The number of aromatic amines is 2. The fourth-order valence-corrected chi connectivity index (χ4v) is 1.21. The first-order chi connectivity index (χ1) is 3.29. The van der Waals surface area contributed by atoms with Crippen LogP contribution in [0.2, 0.25) is 0 Å². The third kappa shape index (κ3) is 2.19. The Morgan fingerprint density at radius 3 is 2.12 bits per heavy atom. The van der Waals surface area contributed by atoms with Crippen molar-refractivity contribution in [1.82, 2.24) is 9.36 Å². The Morgan fingerprint density at radius 1 is 1.38 bits per heavy atom. The summed E-state index contributed by atoms with van der Waals surface area (Å²) >= 11 is 10.7. The number of aromatic nitrogens is 2. The van der Waals surface area contributed by atoms with Gasteiger partial charge in [0.05, 0.1) is 0 Å². The number of H-pyrrole nitrogens is 2. The second-order valence-electron chi connectivity index (χ2n) is 0.946. The molecule has 49 valence electrons. The molecule has 0 unspecified atom stereocenters. The van der Waals surface area contributed by atoms with Crippen LogP contribution in [0.15, 0.2) is 0 Å². The van der Waals surface area contributed by atoms with Crippen molar-refractivity contribution < 1.29 is 17.1 Å². The smallest absolute Gasteiger partial charge is 0.185 e. The van der Waals surface area contributed by atoms with Gasteiger partial charge in [0.2, 0.25) is 0 Å². The van der Waals surface area contributed by atoms with Crippen LogP contribution < -0.4 is 0 Å². The molecule has 8 heavy (non-hydrogen) atoms. The van der Waals surface area contributed by atoms with E-state index in [1.165, 1.54) is 11.5 Å². The van der Waals surface area contributed by atoms with Crippen molar-refractivity contribution in [3.05, 3.63) is 8.73 Å². The minimum absolute atomic E-state index is 0. The Bertz CT molecular complexity index is 220. The zero-order chi connectivity index (χ0) is 5.28. The molecular weight excluding hydrogens is 212 g/mol. The van der Waals surface area contributed by atoms with E-state index >= 15 is 0 Å². The van der Waals surface area contributed by atoms with Crippen LogP contribution in [-0.4, -0.2) is 9.36 Å². The molecule has 0 saturated heterocycles. The molecule has 2 nitrogen and oxygen atoms in total. The molecule has 1 rings (SSSR count). The first-order valence-electron chi connectivity index (χ1n) is 1.57. The van der Waals surface area contributed by atoms with Crippen LogP contribution in [0.3, 0.4) is 0 Å². The number of nitrogens with one attached hydrogen (secondary N) is 2. The molecule has 2 N–H and O–H groups in total. The predicted molar refractivity (Wildman–Crippen MR) is 34.7 cm³/mol. The SMILES string of the molecule is S=c1[nH]sc(=S)[nH]1.[Cu]. The normalized spacial score (nSPS) is 8.00. The van der Waals surface area contributed by atoms with Crippen molar-refractivity contribution in [3.63, 3.8) is 0 Å². The summed E-state index contributed by atoms with van der Waals surface area (Å²) < 4.78 is 4.07. The summed E-state index contributed by atoms with van der Waals surface area (Å²) in [6.07, 6.45) is 0. The standard InChI is InChI=1S/C2H2N2S3.Cu/c5-1-3-2(6)7-4-1;/h(H2,3,4,5,6);. The van der Waals surface area contributed by atoms with Gasteiger partial charge in [-0.2, -0.15) is 0 Å². The zero-order valence-electron chi connectivity index (χ0n) is 3.53. The Balaban J connectivity index is 0.000000490. The van der Waals surface area contributed by atoms with E-state index in [0.717, 1.165) is 0 Å². The molecule has 0 amide bonds. The van der Waals surface area contributed by atoms with Gasteiger partial charge in [0, 0.05) is 17.1 Å². The third-order valence-corrected chi connectivity index (χ3v) is 1.73. The average molecular weight is 214 g/mol. The maximum atomic E-state index is 4.70. The van der Waals surface area contributed by atoms with Gasteiger partial charge in [0.1, 0.15) is 0 Å². The molecule has 1 radical (unpaired) electrons. The van der Waals surface area contributed by atoms with Crippen LogP contribution in [0.4, 0.5) is 0 Å². The Morgan fingerprint density at radius 2 is 2.00 bits per heavy atom. The van der Waals surface area contributed by atoms with Gasteiger partial charge in [0.25, 0.3) is 0 Å². The van der Waals surface area contributed by atoms with E-state index < -0.39 is 0 Å². The monoisotopic (exact) mass is 213 g/mol. The van der Waals surface area contributed by atoms with Gasteiger partial charge in [-0.1, -0.05) is 0 Å². The minimum atomic E-state index is 0. The fraction of sp³-hybridized carbons (Fsp3) is 0. The Labute approximate surface area is 71.0 Å². The van der Waals surface area contributed by atoms with Crippen LogP contribution in [-0.2, 0) is 17.1 Å². The summed E-state index contributed by atoms with van der Waals surface area (Å²) in [5, 5.41) is 0. The average Bonchev–Trinajstić information content (AvgIpc) is 1.87. The Kier molecular flexibility index (Phi) is 3.76. The van der Waals surface area contributed by atoms with Crippen LogP contribution in [0, 0.1) is 8.73 Å². The number of hydrogen-bond donors (Lipinski definition) is 2. The molecule has 0 aliphatic carbocycles. The molecule has 0 bridgehead atoms. The predicted octanol–water partition coefficient (Wildman–Crippen LogP) is 1.86. The first kappa shape index (κ1) is 8.52. The zero-order valence-corrected chi connectivity index (χ0v) is 6.92. The van der Waals surface area contributed by atoms with E-state index in [2.05, 4.69) is 21.6 Å². The molecule has 0 spiro atoms. The van der Waals surface area contributed by atoms with Crippen molar-refractivity contribution in [2.45, 2.75) is 0 Å². The van der Waals surface area contributed by atoms with E-state index in [1.54, 1.807) is 0 Å². The van der Waals surface area contributed by atoms with Gasteiger partial charge in [-0.05, 0) is 36.0 Å². The molecule has 1 aromatic rings. The molecule has 0 atom stereocenters. The largest absolute Gasteiger partial charge is 0.313 e. The summed E-state index contributed by atoms with van der Waals surface area (Å²) in [7, 11) is 0. The van der Waals surface area contributed by atoms with Gasteiger partial charge in [-0.25, -0.2) is 0 Å². The van der Waals surface area contributed by atoms with Gasteiger partial charge in [-0.3, -0.25) is 4.37 Å². The maximum Gasteiger partial charge on any atom is 0.185 e. The van der Waals surface area contributed by atoms with Gasteiger partial charge in [0.15, 0.2) is 8.73 Å². The van der Waals surface area contributed by atoms with Crippen molar-refractivity contribution in [2.75, 3.05) is 0 Å². The van der Waals surface area contributed by atoms with Crippen LogP contribution >= 0.6 is 36.0 Å².